The molecule has 6 nitrogen and oxygen atoms in total. The number of nitrogens with zero attached hydrogens (tertiary/aromatic N) is 2. The number of amides is 1. The Morgan fingerprint density at radius 1 is 1.22 bits per heavy atom. The van der Waals surface area contributed by atoms with E-state index in [-0.39, 0.29) is 17.3 Å². The molecule has 0 atom stereocenters. The van der Waals surface area contributed by atoms with Gasteiger partial charge in [-0.05, 0) is 48.2 Å². The normalized spacial score (nSPS) is 13.7. The van der Waals surface area contributed by atoms with Crippen molar-refractivity contribution in [2.45, 2.75) is 19.5 Å². The van der Waals surface area contributed by atoms with Gasteiger partial charge in [-0.3, -0.25) is 14.9 Å². The first-order chi connectivity index (χ1) is 13.0. The predicted octanol–water partition coefficient (Wildman–Crippen LogP) is 4.19. The number of fused-ring (bicyclic) bond motifs is 1. The number of benzene rings is 2. The lowest BCUT2D eigenvalue weighted by Gasteiger charge is -2.30. The molecule has 0 bridgehead atoms. The molecule has 0 N–H and O–H groups in total. The van der Waals surface area contributed by atoms with Crippen LogP contribution in [0.2, 0.25) is 0 Å². The van der Waals surface area contributed by atoms with Crippen LogP contribution in [0.5, 0.6) is 5.75 Å². The third-order valence-corrected chi connectivity index (χ3v) is 4.18. The number of carbonyl (C=O) groups is 1. The maximum atomic E-state index is 12.7. The second-order valence-corrected chi connectivity index (χ2v) is 5.92. The molecule has 1 heterocycles. The molecule has 0 aliphatic carbocycles. The fraction of sp³-hybridized carbons (Fsp3) is 0.211. The summed E-state index contributed by atoms with van der Waals surface area (Å²) in [6, 6.07) is 10.6. The van der Waals surface area contributed by atoms with Gasteiger partial charge in [0.25, 0.3) is 11.6 Å². The van der Waals surface area contributed by atoms with Crippen LogP contribution in [0.25, 0.3) is 6.08 Å². The molecule has 8 heteroatoms. The van der Waals surface area contributed by atoms with Crippen molar-refractivity contribution in [2.24, 2.45) is 0 Å². The van der Waals surface area contributed by atoms with Gasteiger partial charge in [0.1, 0.15) is 5.75 Å². The van der Waals surface area contributed by atoms with Crippen LogP contribution in [0.4, 0.5) is 20.2 Å². The highest BCUT2D eigenvalue weighted by Crippen LogP contribution is 2.37. The summed E-state index contributed by atoms with van der Waals surface area (Å²) in [5.74, 6) is -0.404. The molecule has 1 amide bonds. The molecule has 0 saturated carbocycles. The standard InChI is InChI=1S/C19H16F2N2O4/c20-19(21)27-16-5-1-3-14-4-2-12-22(18(14)16)17(24)11-8-13-6-9-15(10-7-13)23(25)26/h1,3,5-11,19H,2,4,12H2/b11-8+. The summed E-state index contributed by atoms with van der Waals surface area (Å²) in [5.41, 5.74) is 1.71. The zero-order valence-electron chi connectivity index (χ0n) is 14.2. The minimum atomic E-state index is -2.98. The van der Waals surface area contributed by atoms with Crippen molar-refractivity contribution in [1.29, 1.82) is 0 Å². The van der Waals surface area contributed by atoms with Crippen molar-refractivity contribution in [1.82, 2.24) is 0 Å². The number of hydrogen-bond acceptors (Lipinski definition) is 4. The minimum absolute atomic E-state index is 0.0284. The van der Waals surface area contributed by atoms with Crippen LogP contribution in [0.3, 0.4) is 0 Å². The van der Waals surface area contributed by atoms with Crippen LogP contribution >= 0.6 is 0 Å². The van der Waals surface area contributed by atoms with Crippen molar-refractivity contribution in [3.63, 3.8) is 0 Å². The summed E-state index contributed by atoms with van der Waals surface area (Å²) < 4.78 is 30.0. The molecule has 1 aliphatic heterocycles. The first-order valence-electron chi connectivity index (χ1n) is 8.26. The molecule has 1 aliphatic rings. The van der Waals surface area contributed by atoms with E-state index in [0.717, 1.165) is 5.56 Å². The Hall–Kier alpha value is -3.29. The molecule has 0 unspecified atom stereocenters. The van der Waals surface area contributed by atoms with Crippen molar-refractivity contribution >= 4 is 23.4 Å². The molecule has 27 heavy (non-hydrogen) atoms. The number of ether oxygens (including phenoxy) is 1. The van der Waals surface area contributed by atoms with E-state index in [1.54, 1.807) is 12.1 Å². The van der Waals surface area contributed by atoms with Crippen molar-refractivity contribution in [3.8, 4) is 5.75 Å². The Balaban J connectivity index is 1.83. The molecule has 0 saturated heterocycles. The molecule has 0 spiro atoms. The molecular weight excluding hydrogens is 358 g/mol. The Labute approximate surface area is 153 Å². The fourth-order valence-electron chi connectivity index (χ4n) is 2.99. The van der Waals surface area contributed by atoms with Gasteiger partial charge >= 0.3 is 6.61 Å². The van der Waals surface area contributed by atoms with E-state index < -0.39 is 11.5 Å². The number of anilines is 1. The Bertz CT molecular complexity index is 882. The molecule has 0 fully saturated rings. The van der Waals surface area contributed by atoms with Gasteiger partial charge in [-0.2, -0.15) is 8.78 Å². The molecular formula is C19H16F2N2O4. The summed E-state index contributed by atoms with van der Waals surface area (Å²) in [6.07, 6.45) is 4.22. The lowest BCUT2D eigenvalue weighted by Crippen LogP contribution is -2.34. The lowest BCUT2D eigenvalue weighted by molar-refractivity contribution is -0.384. The van der Waals surface area contributed by atoms with E-state index in [2.05, 4.69) is 4.74 Å². The highest BCUT2D eigenvalue weighted by Gasteiger charge is 2.26. The zero-order valence-corrected chi connectivity index (χ0v) is 14.2. The molecule has 140 valence electrons. The maximum Gasteiger partial charge on any atom is 0.387 e. The highest BCUT2D eigenvalue weighted by atomic mass is 19.3. The number of hydrogen-bond donors (Lipinski definition) is 0. The molecule has 2 aromatic rings. The molecule has 3 rings (SSSR count). The number of non-ortho nitro benzene ring substituents is 1. The summed E-state index contributed by atoms with van der Waals surface area (Å²) in [5, 5.41) is 10.7. The van der Waals surface area contributed by atoms with Gasteiger partial charge in [0, 0.05) is 24.8 Å². The van der Waals surface area contributed by atoms with Gasteiger partial charge in [0.2, 0.25) is 0 Å². The SMILES string of the molecule is O=C(/C=C/c1ccc([N+](=O)[O-])cc1)N1CCCc2cccc(OC(F)F)c21. The maximum absolute atomic E-state index is 12.7. The Morgan fingerprint density at radius 3 is 2.63 bits per heavy atom. The zero-order chi connectivity index (χ0) is 19.4. The van der Waals surface area contributed by atoms with E-state index in [4.69, 9.17) is 0 Å². The molecule has 0 radical (unpaired) electrons. The van der Waals surface area contributed by atoms with Crippen molar-refractivity contribution < 1.29 is 23.2 Å². The average Bonchev–Trinajstić information content (AvgIpc) is 2.65. The number of nitro groups is 1. The van der Waals surface area contributed by atoms with Crippen LogP contribution in [-0.2, 0) is 11.2 Å². The van der Waals surface area contributed by atoms with Gasteiger partial charge in [0.15, 0.2) is 0 Å². The van der Waals surface area contributed by atoms with Gasteiger partial charge in [0.05, 0.1) is 10.6 Å². The number of carbonyl (C=O) groups excluding carboxylic acids is 1. The number of aryl methyl sites for hydroxylation is 1. The van der Waals surface area contributed by atoms with Crippen molar-refractivity contribution in [3.05, 3.63) is 69.8 Å². The van der Waals surface area contributed by atoms with Crippen LogP contribution < -0.4 is 9.64 Å². The quantitative estimate of drug-likeness (QED) is 0.447. The van der Waals surface area contributed by atoms with E-state index in [9.17, 15) is 23.7 Å². The molecule has 0 aromatic heterocycles. The van der Waals surface area contributed by atoms with Crippen LogP contribution in [0.15, 0.2) is 48.5 Å². The first kappa shape index (κ1) is 18.5. The Morgan fingerprint density at radius 2 is 1.96 bits per heavy atom. The fourth-order valence-corrected chi connectivity index (χ4v) is 2.99. The largest absolute Gasteiger partial charge is 0.433 e. The number of nitro benzene ring substituents is 1. The minimum Gasteiger partial charge on any atom is -0.433 e. The van der Waals surface area contributed by atoms with Gasteiger partial charge < -0.3 is 9.64 Å². The summed E-state index contributed by atoms with van der Waals surface area (Å²) >= 11 is 0. The van der Waals surface area contributed by atoms with Crippen LogP contribution in [0, 0.1) is 10.1 Å². The van der Waals surface area contributed by atoms with Gasteiger partial charge in [-0.1, -0.05) is 12.1 Å². The summed E-state index contributed by atoms with van der Waals surface area (Å²) in [6.45, 7) is -2.59. The van der Waals surface area contributed by atoms with E-state index in [1.807, 2.05) is 0 Å². The van der Waals surface area contributed by atoms with Gasteiger partial charge in [-0.25, -0.2) is 0 Å². The van der Waals surface area contributed by atoms with Crippen molar-refractivity contribution in [2.75, 3.05) is 11.4 Å². The number of para-hydroxylation sites is 1. The average molecular weight is 374 g/mol. The Kier molecular flexibility index (Phi) is 5.44. The number of alkyl halides is 2. The predicted molar refractivity (Wildman–Crippen MR) is 95.9 cm³/mol. The number of rotatable bonds is 5. The topological polar surface area (TPSA) is 72.7 Å². The smallest absolute Gasteiger partial charge is 0.387 e. The summed E-state index contributed by atoms with van der Waals surface area (Å²) in [7, 11) is 0. The summed E-state index contributed by atoms with van der Waals surface area (Å²) in [4.78, 5) is 24.2. The third-order valence-electron chi connectivity index (χ3n) is 4.18. The number of halogens is 2. The first-order valence-corrected chi connectivity index (χ1v) is 8.26. The van der Waals surface area contributed by atoms with Gasteiger partial charge in [-0.15, -0.1) is 0 Å². The van der Waals surface area contributed by atoms with E-state index >= 15 is 0 Å². The lowest BCUT2D eigenvalue weighted by atomic mass is 10.0. The molecule has 2 aromatic carbocycles. The van der Waals surface area contributed by atoms with E-state index in [1.165, 1.54) is 47.4 Å². The van der Waals surface area contributed by atoms with Crippen LogP contribution in [-0.4, -0.2) is 24.0 Å². The van der Waals surface area contributed by atoms with Crippen LogP contribution in [0.1, 0.15) is 17.5 Å². The third kappa shape index (κ3) is 4.28. The second kappa shape index (κ2) is 7.94. The monoisotopic (exact) mass is 374 g/mol. The second-order valence-electron chi connectivity index (χ2n) is 5.92. The highest BCUT2D eigenvalue weighted by molar-refractivity contribution is 6.05. The van der Waals surface area contributed by atoms with E-state index in [0.29, 0.717) is 30.6 Å².